The highest BCUT2D eigenvalue weighted by Crippen LogP contribution is 2.40. The van der Waals surface area contributed by atoms with Crippen LogP contribution in [0.3, 0.4) is 0 Å². The van der Waals surface area contributed by atoms with Gasteiger partial charge in [0.25, 0.3) is 0 Å². The van der Waals surface area contributed by atoms with E-state index in [9.17, 15) is 9.59 Å². The molecule has 0 aliphatic heterocycles. The summed E-state index contributed by atoms with van der Waals surface area (Å²) in [4.78, 5) is 26.3. The van der Waals surface area contributed by atoms with Crippen molar-refractivity contribution in [2.75, 3.05) is 5.32 Å². The smallest absolute Gasteiger partial charge is 0.341 e. The number of ether oxygens (including phenoxy) is 1. The van der Waals surface area contributed by atoms with Gasteiger partial charge < -0.3 is 10.1 Å². The Labute approximate surface area is 149 Å². The zero-order valence-electron chi connectivity index (χ0n) is 15.4. The third-order valence-corrected chi connectivity index (χ3v) is 5.82. The molecule has 1 aliphatic carbocycles. The highest BCUT2D eigenvalue weighted by molar-refractivity contribution is 7.17. The number of carbonyl (C=O) groups is 2. The molecule has 134 valence electrons. The van der Waals surface area contributed by atoms with Crippen molar-refractivity contribution in [1.29, 1.82) is 0 Å². The van der Waals surface area contributed by atoms with Gasteiger partial charge in [0, 0.05) is 10.8 Å². The van der Waals surface area contributed by atoms with E-state index in [0.717, 1.165) is 37.7 Å². The summed E-state index contributed by atoms with van der Waals surface area (Å²) in [6.45, 7) is 9.96. The van der Waals surface area contributed by atoms with Gasteiger partial charge >= 0.3 is 5.97 Å². The molecule has 5 heteroatoms. The second-order valence-corrected chi connectivity index (χ2v) is 8.12. The third kappa shape index (κ3) is 4.18. The minimum absolute atomic E-state index is 0.00485. The van der Waals surface area contributed by atoms with Gasteiger partial charge in [0.15, 0.2) is 0 Å². The van der Waals surface area contributed by atoms with Crippen LogP contribution < -0.4 is 5.32 Å². The molecular formula is C19H29NO3S. The van der Waals surface area contributed by atoms with Gasteiger partial charge in [0.1, 0.15) is 5.00 Å². The maximum absolute atomic E-state index is 12.6. The van der Waals surface area contributed by atoms with E-state index in [1.807, 2.05) is 27.7 Å². The maximum Gasteiger partial charge on any atom is 0.341 e. The summed E-state index contributed by atoms with van der Waals surface area (Å²) in [5.41, 5.74) is 1.68. The fourth-order valence-electron chi connectivity index (χ4n) is 3.20. The number of carbonyl (C=O) groups excluding carboxylic acids is 2. The second-order valence-electron chi connectivity index (χ2n) is 7.01. The molecule has 0 saturated heterocycles. The number of amides is 1. The first-order valence-corrected chi connectivity index (χ1v) is 9.85. The molecule has 0 spiro atoms. The van der Waals surface area contributed by atoms with E-state index in [1.54, 1.807) is 11.3 Å². The van der Waals surface area contributed by atoms with Crippen LogP contribution in [0.15, 0.2) is 0 Å². The molecule has 0 saturated carbocycles. The lowest BCUT2D eigenvalue weighted by Crippen LogP contribution is -2.23. The molecule has 1 amide bonds. The summed E-state index contributed by atoms with van der Waals surface area (Å²) in [6.07, 6.45) is 4.37. The Morgan fingerprint density at radius 3 is 2.54 bits per heavy atom. The van der Waals surface area contributed by atoms with E-state index in [1.165, 1.54) is 4.88 Å². The molecule has 1 unspecified atom stereocenters. The number of fused-ring (bicyclic) bond motifs is 1. The van der Waals surface area contributed by atoms with Crippen molar-refractivity contribution in [2.45, 2.75) is 72.8 Å². The van der Waals surface area contributed by atoms with E-state index in [2.05, 4.69) is 12.2 Å². The SMILES string of the molecule is CCC(CC)C(=O)Nc1sc2c(c1C(=O)OC(C)C)CCC(C)C2. The number of hydrogen-bond acceptors (Lipinski definition) is 4. The normalized spacial score (nSPS) is 17.0. The lowest BCUT2D eigenvalue weighted by Gasteiger charge is -2.19. The standard InChI is InChI=1S/C19H29NO3S/c1-6-13(7-2)17(21)20-18-16(19(22)23-11(3)4)14-9-8-12(5)10-15(14)24-18/h11-13H,6-10H2,1-5H3,(H,20,21). The van der Waals surface area contributed by atoms with Gasteiger partial charge in [-0.1, -0.05) is 20.8 Å². The van der Waals surface area contributed by atoms with Crippen LogP contribution in [0.2, 0.25) is 0 Å². The lowest BCUT2D eigenvalue weighted by molar-refractivity contribution is -0.120. The number of thiophene rings is 1. The largest absolute Gasteiger partial charge is 0.459 e. The van der Waals surface area contributed by atoms with Gasteiger partial charge in [-0.2, -0.15) is 0 Å². The summed E-state index contributed by atoms with van der Waals surface area (Å²) in [7, 11) is 0. The van der Waals surface area contributed by atoms with E-state index in [4.69, 9.17) is 4.74 Å². The Kier molecular flexibility index (Phi) is 6.44. The van der Waals surface area contributed by atoms with Crippen molar-refractivity contribution < 1.29 is 14.3 Å². The van der Waals surface area contributed by atoms with Crippen LogP contribution >= 0.6 is 11.3 Å². The van der Waals surface area contributed by atoms with E-state index in [-0.39, 0.29) is 23.9 Å². The van der Waals surface area contributed by atoms with Crippen LogP contribution in [0.1, 0.15) is 74.7 Å². The molecule has 1 heterocycles. The van der Waals surface area contributed by atoms with Crippen molar-refractivity contribution in [3.8, 4) is 0 Å². The van der Waals surface area contributed by atoms with Gasteiger partial charge in [-0.15, -0.1) is 11.3 Å². The third-order valence-electron chi connectivity index (χ3n) is 4.65. The molecule has 24 heavy (non-hydrogen) atoms. The molecule has 1 aliphatic rings. The minimum atomic E-state index is -0.308. The molecule has 1 N–H and O–H groups in total. The van der Waals surface area contributed by atoms with Crippen molar-refractivity contribution in [3.63, 3.8) is 0 Å². The molecule has 1 atom stereocenters. The predicted molar refractivity (Wildman–Crippen MR) is 98.8 cm³/mol. The van der Waals surface area contributed by atoms with E-state index >= 15 is 0 Å². The van der Waals surface area contributed by atoms with Crippen LogP contribution in [-0.4, -0.2) is 18.0 Å². The fraction of sp³-hybridized carbons (Fsp3) is 0.684. The van der Waals surface area contributed by atoms with Crippen LogP contribution in [0, 0.1) is 11.8 Å². The minimum Gasteiger partial charge on any atom is -0.459 e. The highest BCUT2D eigenvalue weighted by Gasteiger charge is 2.30. The highest BCUT2D eigenvalue weighted by atomic mass is 32.1. The van der Waals surface area contributed by atoms with Crippen LogP contribution in [0.25, 0.3) is 0 Å². The molecule has 1 aromatic heterocycles. The van der Waals surface area contributed by atoms with Crippen molar-refractivity contribution in [2.24, 2.45) is 11.8 Å². The number of nitrogens with one attached hydrogen (secondary N) is 1. The van der Waals surface area contributed by atoms with Gasteiger partial charge in [0.05, 0.1) is 11.7 Å². The summed E-state index contributed by atoms with van der Waals surface area (Å²) in [6, 6.07) is 0. The average molecular weight is 352 g/mol. The summed E-state index contributed by atoms with van der Waals surface area (Å²) < 4.78 is 5.44. The second kappa shape index (κ2) is 8.15. The zero-order chi connectivity index (χ0) is 17.9. The Morgan fingerprint density at radius 2 is 1.96 bits per heavy atom. The molecule has 0 bridgehead atoms. The zero-order valence-corrected chi connectivity index (χ0v) is 16.2. The van der Waals surface area contributed by atoms with Crippen molar-refractivity contribution in [1.82, 2.24) is 0 Å². The quantitative estimate of drug-likeness (QED) is 0.748. The first-order chi connectivity index (χ1) is 11.4. The predicted octanol–water partition coefficient (Wildman–Crippen LogP) is 4.81. The molecule has 2 rings (SSSR count). The van der Waals surface area contributed by atoms with Crippen LogP contribution in [0.4, 0.5) is 5.00 Å². The lowest BCUT2D eigenvalue weighted by atomic mass is 9.88. The molecule has 0 aromatic carbocycles. The average Bonchev–Trinajstić information content (AvgIpc) is 2.84. The summed E-state index contributed by atoms with van der Waals surface area (Å²) in [5, 5.41) is 3.69. The Hall–Kier alpha value is -1.36. The van der Waals surface area contributed by atoms with E-state index < -0.39 is 0 Å². The van der Waals surface area contributed by atoms with Crippen molar-refractivity contribution in [3.05, 3.63) is 16.0 Å². The Morgan fingerprint density at radius 1 is 1.29 bits per heavy atom. The summed E-state index contributed by atoms with van der Waals surface area (Å²) in [5.74, 6) is 0.298. The maximum atomic E-state index is 12.6. The van der Waals surface area contributed by atoms with Crippen molar-refractivity contribution >= 4 is 28.2 Å². The number of hydrogen-bond donors (Lipinski definition) is 1. The Balaban J connectivity index is 2.35. The van der Waals surface area contributed by atoms with Crippen LogP contribution in [0.5, 0.6) is 0 Å². The first-order valence-electron chi connectivity index (χ1n) is 9.03. The van der Waals surface area contributed by atoms with Gasteiger partial charge in [-0.3, -0.25) is 4.79 Å². The van der Waals surface area contributed by atoms with Crippen LogP contribution in [-0.2, 0) is 22.4 Å². The van der Waals surface area contributed by atoms with Gasteiger partial charge in [0.2, 0.25) is 5.91 Å². The molecule has 0 fully saturated rings. The number of rotatable bonds is 6. The molecular weight excluding hydrogens is 322 g/mol. The number of esters is 1. The molecule has 4 nitrogen and oxygen atoms in total. The topological polar surface area (TPSA) is 55.4 Å². The first kappa shape index (κ1) is 19.0. The fourth-order valence-corrected chi connectivity index (χ4v) is 4.60. The van der Waals surface area contributed by atoms with E-state index in [0.29, 0.717) is 16.5 Å². The molecule has 1 aromatic rings. The monoisotopic (exact) mass is 351 g/mol. The summed E-state index contributed by atoms with van der Waals surface area (Å²) >= 11 is 1.56. The Bertz CT molecular complexity index is 602. The molecule has 0 radical (unpaired) electrons. The van der Waals surface area contributed by atoms with Gasteiger partial charge in [-0.05, 0) is 57.4 Å². The number of anilines is 1. The van der Waals surface area contributed by atoms with Gasteiger partial charge in [-0.25, -0.2) is 4.79 Å².